The lowest BCUT2D eigenvalue weighted by molar-refractivity contribution is 0.669. The lowest BCUT2D eigenvalue weighted by Crippen LogP contribution is -2.10. The van der Waals surface area contributed by atoms with Gasteiger partial charge in [-0.2, -0.15) is 0 Å². The highest BCUT2D eigenvalue weighted by Crippen LogP contribution is 2.46. The Labute approximate surface area is 363 Å². The van der Waals surface area contributed by atoms with E-state index in [1.807, 2.05) is 18.5 Å². The molecule has 4 nitrogen and oxygen atoms in total. The highest BCUT2D eigenvalue weighted by molar-refractivity contribution is 6.26. The summed E-state index contributed by atoms with van der Waals surface area (Å²) in [6.07, 6.45) is 3.75. The summed E-state index contributed by atoms with van der Waals surface area (Å²) in [5, 5.41) is 12.1. The van der Waals surface area contributed by atoms with E-state index in [1.54, 1.807) is 0 Å². The standard InChI is InChI=1S/C59H37N3O/c1-2-12-38(13-3-1)39-23-27-42(28-24-39)61(43-29-32-49-47-17-5-4-15-45(47)46-16-6-7-18-48(46)53(49)36-43)55-21-10-22-57-59(55)52-31-26-41(35-58(52)63-57)40-25-30-51-50-19-8-9-20-54(50)62(56(51)34-40)44-14-11-33-60-37-44/h1-37H. The Morgan fingerprint density at radius 1 is 0.365 bits per heavy atom. The van der Waals surface area contributed by atoms with Crippen molar-refractivity contribution in [1.29, 1.82) is 0 Å². The Balaban J connectivity index is 0.998. The minimum absolute atomic E-state index is 0.843. The second-order valence-electron chi connectivity index (χ2n) is 16.3. The van der Waals surface area contributed by atoms with Gasteiger partial charge < -0.3 is 13.9 Å². The van der Waals surface area contributed by atoms with Gasteiger partial charge in [-0.1, -0.05) is 140 Å². The lowest BCUT2D eigenvalue weighted by atomic mass is 9.94. The van der Waals surface area contributed by atoms with Crippen LogP contribution in [0.2, 0.25) is 0 Å². The molecule has 3 aromatic heterocycles. The number of pyridine rings is 1. The van der Waals surface area contributed by atoms with Crippen LogP contribution in [0.3, 0.4) is 0 Å². The first-order valence-corrected chi connectivity index (χ1v) is 21.4. The van der Waals surface area contributed by atoms with Crippen molar-refractivity contribution in [2.75, 3.05) is 4.90 Å². The fraction of sp³-hybridized carbons (Fsp3) is 0. The van der Waals surface area contributed by atoms with Gasteiger partial charge in [0.05, 0.1) is 34.0 Å². The Hall–Kier alpha value is -8.47. The molecule has 4 heteroatoms. The second kappa shape index (κ2) is 14.1. The predicted octanol–water partition coefficient (Wildman–Crippen LogP) is 16.3. The molecule has 0 amide bonds. The third-order valence-electron chi connectivity index (χ3n) is 12.8. The first-order chi connectivity index (χ1) is 31.2. The normalized spacial score (nSPS) is 11.8. The van der Waals surface area contributed by atoms with Crippen molar-refractivity contribution in [1.82, 2.24) is 9.55 Å². The number of hydrogen-bond acceptors (Lipinski definition) is 3. The smallest absolute Gasteiger partial charge is 0.137 e. The van der Waals surface area contributed by atoms with Crippen LogP contribution in [0, 0.1) is 0 Å². The summed E-state index contributed by atoms with van der Waals surface area (Å²) in [5.41, 5.74) is 12.8. The summed E-state index contributed by atoms with van der Waals surface area (Å²) >= 11 is 0. The molecule has 3 heterocycles. The molecule has 10 aromatic carbocycles. The molecule has 0 aliphatic heterocycles. The fourth-order valence-electron chi connectivity index (χ4n) is 9.98. The van der Waals surface area contributed by atoms with Crippen LogP contribution < -0.4 is 4.90 Å². The largest absolute Gasteiger partial charge is 0.456 e. The minimum Gasteiger partial charge on any atom is -0.456 e. The van der Waals surface area contributed by atoms with Crippen LogP contribution in [0.5, 0.6) is 0 Å². The number of aromatic nitrogens is 2. The van der Waals surface area contributed by atoms with E-state index in [9.17, 15) is 0 Å². The number of fused-ring (bicyclic) bond motifs is 12. The zero-order valence-electron chi connectivity index (χ0n) is 34.1. The number of hydrogen-bond donors (Lipinski definition) is 0. The number of benzene rings is 10. The monoisotopic (exact) mass is 803 g/mol. The van der Waals surface area contributed by atoms with E-state index < -0.39 is 0 Å². The van der Waals surface area contributed by atoms with Crippen LogP contribution in [0.1, 0.15) is 0 Å². The van der Waals surface area contributed by atoms with Crippen LogP contribution in [0.15, 0.2) is 229 Å². The van der Waals surface area contributed by atoms with E-state index in [4.69, 9.17) is 4.42 Å². The summed E-state index contributed by atoms with van der Waals surface area (Å²) in [6, 6.07) is 76.6. The maximum absolute atomic E-state index is 6.82. The third kappa shape index (κ3) is 5.59. The van der Waals surface area contributed by atoms with Gasteiger partial charge in [0.15, 0.2) is 0 Å². The van der Waals surface area contributed by atoms with Crippen molar-refractivity contribution in [3.8, 4) is 27.9 Å². The highest BCUT2D eigenvalue weighted by Gasteiger charge is 2.22. The van der Waals surface area contributed by atoms with Gasteiger partial charge in [0.1, 0.15) is 11.2 Å². The molecular weight excluding hydrogens is 767 g/mol. The molecule has 0 bridgehead atoms. The van der Waals surface area contributed by atoms with Gasteiger partial charge >= 0.3 is 0 Å². The van der Waals surface area contributed by atoms with E-state index in [1.165, 1.54) is 54.2 Å². The maximum Gasteiger partial charge on any atom is 0.137 e. The first kappa shape index (κ1) is 35.3. The van der Waals surface area contributed by atoms with Crippen LogP contribution in [-0.4, -0.2) is 9.55 Å². The Morgan fingerprint density at radius 2 is 0.952 bits per heavy atom. The first-order valence-electron chi connectivity index (χ1n) is 21.4. The number of rotatable bonds is 6. The summed E-state index contributed by atoms with van der Waals surface area (Å²) in [4.78, 5) is 6.86. The quantitative estimate of drug-likeness (QED) is 0.157. The average molecular weight is 804 g/mol. The molecule has 13 rings (SSSR count). The molecule has 294 valence electrons. The molecule has 0 N–H and O–H groups in total. The van der Waals surface area contributed by atoms with E-state index in [0.717, 1.165) is 66.8 Å². The van der Waals surface area contributed by atoms with Gasteiger partial charge in [-0.15, -0.1) is 0 Å². The van der Waals surface area contributed by atoms with Crippen LogP contribution >= 0.6 is 0 Å². The molecule has 63 heavy (non-hydrogen) atoms. The van der Waals surface area contributed by atoms with Crippen molar-refractivity contribution in [2.24, 2.45) is 0 Å². The topological polar surface area (TPSA) is 34.2 Å². The summed E-state index contributed by atoms with van der Waals surface area (Å²) < 4.78 is 9.13. The fourth-order valence-corrected chi connectivity index (χ4v) is 9.98. The number of furan rings is 1. The Bertz CT molecular complexity index is 3870. The molecular formula is C59H37N3O. The third-order valence-corrected chi connectivity index (χ3v) is 12.8. The van der Waals surface area contributed by atoms with Crippen molar-refractivity contribution < 1.29 is 4.42 Å². The number of anilines is 3. The second-order valence-corrected chi connectivity index (χ2v) is 16.3. The van der Waals surface area contributed by atoms with Crippen molar-refractivity contribution in [3.05, 3.63) is 225 Å². The van der Waals surface area contributed by atoms with Gasteiger partial charge in [-0.3, -0.25) is 4.98 Å². The molecule has 0 unspecified atom stereocenters. The maximum atomic E-state index is 6.82. The van der Waals surface area contributed by atoms with Gasteiger partial charge in [-0.25, -0.2) is 0 Å². The van der Waals surface area contributed by atoms with Crippen molar-refractivity contribution >= 4 is 93.1 Å². The lowest BCUT2D eigenvalue weighted by Gasteiger charge is -2.27. The zero-order chi connectivity index (χ0) is 41.4. The average Bonchev–Trinajstić information content (AvgIpc) is 3.90. The Morgan fingerprint density at radius 3 is 1.70 bits per heavy atom. The van der Waals surface area contributed by atoms with Crippen LogP contribution in [-0.2, 0) is 0 Å². The van der Waals surface area contributed by atoms with Crippen molar-refractivity contribution in [2.45, 2.75) is 0 Å². The predicted molar refractivity (Wildman–Crippen MR) is 264 cm³/mol. The molecule has 0 saturated carbocycles. The zero-order valence-corrected chi connectivity index (χ0v) is 34.1. The van der Waals surface area contributed by atoms with Gasteiger partial charge in [0, 0.05) is 33.7 Å². The molecule has 0 fully saturated rings. The van der Waals surface area contributed by atoms with Gasteiger partial charge in [0.25, 0.3) is 0 Å². The highest BCUT2D eigenvalue weighted by atomic mass is 16.3. The number of nitrogens with zero attached hydrogens (tertiary/aromatic N) is 3. The summed E-state index contributed by atoms with van der Waals surface area (Å²) in [5.74, 6) is 0. The molecule has 13 aromatic rings. The van der Waals surface area contributed by atoms with Crippen LogP contribution in [0.4, 0.5) is 17.1 Å². The minimum atomic E-state index is 0.843. The summed E-state index contributed by atoms with van der Waals surface area (Å²) in [6.45, 7) is 0. The van der Waals surface area contributed by atoms with Gasteiger partial charge in [-0.05, 0) is 127 Å². The number of para-hydroxylation sites is 1. The van der Waals surface area contributed by atoms with Gasteiger partial charge in [0.2, 0.25) is 0 Å². The molecule has 0 saturated heterocycles. The Kier molecular flexibility index (Phi) is 7.87. The van der Waals surface area contributed by atoms with E-state index in [-0.39, 0.29) is 0 Å². The van der Waals surface area contributed by atoms with Crippen LogP contribution in [0.25, 0.3) is 104 Å². The van der Waals surface area contributed by atoms with E-state index in [2.05, 4.69) is 221 Å². The van der Waals surface area contributed by atoms with E-state index >= 15 is 0 Å². The molecule has 0 spiro atoms. The molecule has 0 aliphatic carbocycles. The molecule has 0 radical (unpaired) electrons. The van der Waals surface area contributed by atoms with Crippen molar-refractivity contribution in [3.63, 3.8) is 0 Å². The summed E-state index contributed by atoms with van der Waals surface area (Å²) in [7, 11) is 0. The van der Waals surface area contributed by atoms with E-state index in [0.29, 0.717) is 0 Å². The SMILES string of the molecule is c1ccc(-c2ccc(N(c3ccc4c5ccccc5c5ccccc5c4c3)c3cccc4oc5cc(-c6ccc7c8ccccc8n(-c8cccnc8)c7c6)ccc5c34)cc2)cc1. The molecule has 0 atom stereocenters. The molecule has 0 aliphatic rings.